The number of ether oxygens (including phenoxy) is 1. The Bertz CT molecular complexity index is 1190. The van der Waals surface area contributed by atoms with Crippen molar-refractivity contribution in [1.29, 1.82) is 0 Å². The first-order valence-electron chi connectivity index (χ1n) is 11.4. The second-order valence-electron chi connectivity index (χ2n) is 9.35. The van der Waals surface area contributed by atoms with Crippen LogP contribution in [0.4, 0.5) is 4.39 Å². The minimum Gasteiger partial charge on any atom is -0.748 e. The van der Waals surface area contributed by atoms with Gasteiger partial charge in [0.05, 0.1) is 21.5 Å². The third kappa shape index (κ3) is 6.64. The highest BCUT2D eigenvalue weighted by atomic mass is 35.5. The van der Waals surface area contributed by atoms with Crippen molar-refractivity contribution in [3.8, 4) is 0 Å². The van der Waals surface area contributed by atoms with Crippen molar-refractivity contribution >= 4 is 39.2 Å². The second kappa shape index (κ2) is 11.0. The number of halogens is 3. The van der Waals surface area contributed by atoms with Gasteiger partial charge >= 0.3 is 5.90 Å². The molecule has 35 heavy (non-hydrogen) atoms. The zero-order valence-corrected chi connectivity index (χ0v) is 22.3. The fourth-order valence-electron chi connectivity index (χ4n) is 5.16. The van der Waals surface area contributed by atoms with Gasteiger partial charge in [0, 0.05) is 28.3 Å². The largest absolute Gasteiger partial charge is 0.748 e. The standard InChI is InChI=1S/C25H27Cl2FNO.CH4O3S/c1-4-10-25(3)14-22(17-11-19(27)13-20(28)12-17)23(16-6-8-18(26)9-7-16)29-21(5-2)15-30-24(25)29;1-5(2,3)4/h4,6-9,11-13,21-23H,1,5,10,14-15H2,2-3H3;1H3,(H,2,3,4)/q+1;/p-1/t21-,22+,23+,25-;/m0./s1. The molecule has 2 aliphatic heterocycles. The Morgan fingerprint density at radius 2 is 1.83 bits per heavy atom. The SMILES string of the molecule is C=CC[C@@]1(C)C[C@H](c2cc(F)cc(Cl)c2)[C@@H](c2ccc(Cl)cc2)[N+]2=C1OC[C@@H]2CC.CS(=O)(=O)[O-]. The van der Waals surface area contributed by atoms with Crippen LogP contribution in [0.15, 0.2) is 55.1 Å². The van der Waals surface area contributed by atoms with Gasteiger partial charge in [0.15, 0.2) is 18.7 Å². The van der Waals surface area contributed by atoms with Crippen molar-refractivity contribution < 1.29 is 26.7 Å². The Morgan fingerprint density at radius 1 is 1.20 bits per heavy atom. The molecule has 2 heterocycles. The van der Waals surface area contributed by atoms with E-state index < -0.39 is 10.1 Å². The number of rotatable bonds is 5. The molecule has 0 saturated carbocycles. The molecule has 0 saturated heterocycles. The summed E-state index contributed by atoms with van der Waals surface area (Å²) in [6.07, 6.45) is 5.13. The summed E-state index contributed by atoms with van der Waals surface area (Å²) in [5.74, 6) is 0.758. The van der Waals surface area contributed by atoms with Gasteiger partial charge in [-0.2, -0.15) is 4.58 Å². The molecule has 0 radical (unpaired) electrons. The normalized spacial score (nSPS) is 25.9. The summed E-state index contributed by atoms with van der Waals surface area (Å²) in [6.45, 7) is 9.06. The van der Waals surface area contributed by atoms with Gasteiger partial charge in [0.25, 0.3) is 0 Å². The smallest absolute Gasteiger partial charge is 0.343 e. The van der Waals surface area contributed by atoms with Crippen LogP contribution in [0.5, 0.6) is 0 Å². The molecule has 0 spiro atoms. The van der Waals surface area contributed by atoms with Crippen molar-refractivity contribution in [3.63, 3.8) is 0 Å². The van der Waals surface area contributed by atoms with Gasteiger partial charge in [0.2, 0.25) is 0 Å². The average molecular weight is 543 g/mol. The van der Waals surface area contributed by atoms with Gasteiger partial charge in [-0.1, -0.05) is 48.3 Å². The summed E-state index contributed by atoms with van der Waals surface area (Å²) in [6, 6.07) is 13.1. The van der Waals surface area contributed by atoms with Crippen LogP contribution < -0.4 is 0 Å². The lowest BCUT2D eigenvalue weighted by Crippen LogP contribution is -2.45. The molecule has 9 heteroatoms. The summed E-state index contributed by atoms with van der Waals surface area (Å²) >= 11 is 12.4. The lowest BCUT2D eigenvalue weighted by molar-refractivity contribution is -0.610. The first-order chi connectivity index (χ1) is 16.4. The van der Waals surface area contributed by atoms with Gasteiger partial charge in [-0.25, -0.2) is 12.8 Å². The molecule has 0 aromatic heterocycles. The van der Waals surface area contributed by atoms with E-state index in [-0.39, 0.29) is 29.2 Å². The molecular weight excluding hydrogens is 512 g/mol. The summed E-state index contributed by atoms with van der Waals surface area (Å²) in [7, 11) is -3.92. The zero-order chi connectivity index (χ0) is 26.0. The number of benzene rings is 2. The Hall–Kier alpha value is -1.93. The van der Waals surface area contributed by atoms with E-state index in [0.29, 0.717) is 22.9 Å². The van der Waals surface area contributed by atoms with Crippen LogP contribution in [0.25, 0.3) is 0 Å². The Morgan fingerprint density at radius 3 is 2.37 bits per heavy atom. The summed E-state index contributed by atoms with van der Waals surface area (Å²) < 4.78 is 50.3. The summed E-state index contributed by atoms with van der Waals surface area (Å²) in [5, 5.41) is 1.12. The topological polar surface area (TPSA) is 69.4 Å². The van der Waals surface area contributed by atoms with E-state index in [4.69, 9.17) is 40.9 Å². The lowest BCUT2D eigenvalue weighted by atomic mass is 9.69. The number of allylic oxidation sites excluding steroid dienone is 1. The monoisotopic (exact) mass is 541 g/mol. The lowest BCUT2D eigenvalue weighted by Gasteiger charge is -2.38. The summed E-state index contributed by atoms with van der Waals surface area (Å²) in [4.78, 5) is 0. The van der Waals surface area contributed by atoms with E-state index in [9.17, 15) is 4.39 Å². The van der Waals surface area contributed by atoms with E-state index in [2.05, 4.69) is 37.1 Å². The van der Waals surface area contributed by atoms with E-state index in [1.807, 2.05) is 24.3 Å². The van der Waals surface area contributed by atoms with E-state index in [1.165, 1.54) is 6.07 Å². The molecule has 5 nitrogen and oxygen atoms in total. The Kier molecular flexibility index (Phi) is 8.69. The minimum atomic E-state index is -3.92. The molecular formula is C26H30Cl2FNO4S. The predicted octanol–water partition coefficient (Wildman–Crippen LogP) is 6.32. The van der Waals surface area contributed by atoms with Crippen LogP contribution in [0, 0.1) is 11.2 Å². The van der Waals surface area contributed by atoms with E-state index in [0.717, 1.165) is 36.3 Å². The zero-order valence-electron chi connectivity index (χ0n) is 20.0. The highest BCUT2D eigenvalue weighted by Gasteiger charge is 2.56. The van der Waals surface area contributed by atoms with E-state index in [1.54, 1.807) is 6.07 Å². The van der Waals surface area contributed by atoms with Crippen LogP contribution in [0.3, 0.4) is 0 Å². The highest BCUT2D eigenvalue weighted by molar-refractivity contribution is 7.84. The van der Waals surface area contributed by atoms with Gasteiger partial charge in [0.1, 0.15) is 5.82 Å². The minimum absolute atomic E-state index is 0.0143. The molecule has 2 aromatic carbocycles. The van der Waals surface area contributed by atoms with Crippen molar-refractivity contribution in [2.75, 3.05) is 12.9 Å². The molecule has 4 rings (SSSR count). The number of hydrogen-bond acceptors (Lipinski definition) is 4. The van der Waals surface area contributed by atoms with Gasteiger partial charge in [-0.15, -0.1) is 6.58 Å². The van der Waals surface area contributed by atoms with Crippen LogP contribution in [0.1, 0.15) is 56.2 Å². The Labute approximate surface area is 217 Å². The number of hydrogen-bond donors (Lipinski definition) is 0. The highest BCUT2D eigenvalue weighted by Crippen LogP contribution is 2.51. The van der Waals surface area contributed by atoms with Gasteiger partial charge in [-0.05, 0) is 55.7 Å². The van der Waals surface area contributed by atoms with E-state index >= 15 is 0 Å². The molecule has 0 unspecified atom stereocenters. The fourth-order valence-corrected chi connectivity index (χ4v) is 5.52. The first kappa shape index (κ1) is 27.7. The second-order valence-corrected chi connectivity index (χ2v) is 11.6. The average Bonchev–Trinajstić information content (AvgIpc) is 3.18. The Balaban J connectivity index is 0.000000623. The predicted molar refractivity (Wildman–Crippen MR) is 137 cm³/mol. The molecule has 0 N–H and O–H groups in total. The third-order valence-corrected chi connectivity index (χ3v) is 6.97. The van der Waals surface area contributed by atoms with Crippen molar-refractivity contribution in [2.24, 2.45) is 5.41 Å². The maximum Gasteiger partial charge on any atom is 0.343 e. The van der Waals surface area contributed by atoms with Crippen LogP contribution in [-0.2, 0) is 14.9 Å². The van der Waals surface area contributed by atoms with Crippen LogP contribution in [0.2, 0.25) is 10.0 Å². The fraction of sp³-hybridized carbons (Fsp3) is 0.423. The number of nitrogens with zero attached hydrogens (tertiary/aromatic N) is 1. The molecule has 0 amide bonds. The molecule has 2 aromatic rings. The molecule has 4 atom stereocenters. The van der Waals surface area contributed by atoms with Crippen LogP contribution >= 0.6 is 23.2 Å². The maximum atomic E-state index is 14.4. The van der Waals surface area contributed by atoms with Crippen molar-refractivity contribution in [2.45, 2.75) is 51.1 Å². The molecule has 2 aliphatic rings. The van der Waals surface area contributed by atoms with Crippen molar-refractivity contribution in [3.05, 3.63) is 82.1 Å². The van der Waals surface area contributed by atoms with Gasteiger partial charge in [-0.3, -0.25) is 0 Å². The third-order valence-electron chi connectivity index (χ3n) is 6.50. The van der Waals surface area contributed by atoms with Crippen LogP contribution in [-0.4, -0.2) is 42.3 Å². The van der Waals surface area contributed by atoms with Gasteiger partial charge < -0.3 is 9.29 Å². The first-order valence-corrected chi connectivity index (χ1v) is 13.9. The molecule has 0 bridgehead atoms. The summed E-state index contributed by atoms with van der Waals surface area (Å²) in [5.41, 5.74) is 1.85. The molecule has 0 fully saturated rings. The maximum absolute atomic E-state index is 14.4. The molecule has 0 aliphatic carbocycles. The quantitative estimate of drug-likeness (QED) is 0.252. The van der Waals surface area contributed by atoms with Crippen molar-refractivity contribution in [1.82, 2.24) is 0 Å². The molecule has 190 valence electrons.